The number of fused-ring (bicyclic) bond motifs is 5. The highest BCUT2D eigenvalue weighted by atomic mass is 16.7. The number of aliphatic hydroxyl groups is 5. The van der Waals surface area contributed by atoms with E-state index >= 15 is 4.79 Å². The number of carbonyl (C=O) groups is 3. The Morgan fingerprint density at radius 2 is 1.68 bits per heavy atom. The summed E-state index contributed by atoms with van der Waals surface area (Å²) < 4.78 is 37.8. The van der Waals surface area contributed by atoms with E-state index in [-0.39, 0.29) is 70.5 Å². The molecule has 3 aliphatic carbocycles. The maximum atomic E-state index is 15.3. The molecule has 4 aliphatic heterocycles. The van der Waals surface area contributed by atoms with Gasteiger partial charge in [0.25, 0.3) is 0 Å². The molecule has 9 rings (SSSR count). The number of allylic oxidation sites excluding steroid dienone is 5. The largest absolute Gasteiger partial charge is 0.482 e. The van der Waals surface area contributed by atoms with E-state index in [2.05, 4.69) is 12.1 Å². The van der Waals surface area contributed by atoms with Crippen LogP contribution in [0.3, 0.4) is 0 Å². The minimum absolute atomic E-state index is 0.0233. The Morgan fingerprint density at radius 3 is 2.30 bits per heavy atom. The van der Waals surface area contributed by atoms with E-state index in [1.54, 1.807) is 18.9 Å². The van der Waals surface area contributed by atoms with E-state index in [9.17, 15) is 40.4 Å². The van der Waals surface area contributed by atoms with E-state index in [0.717, 1.165) is 11.1 Å². The third-order valence-electron chi connectivity index (χ3n) is 15.4. The molecule has 0 aromatic heterocycles. The van der Waals surface area contributed by atoms with E-state index in [1.165, 1.54) is 37.5 Å². The van der Waals surface area contributed by atoms with E-state index in [0.29, 0.717) is 41.0 Å². The predicted molar refractivity (Wildman–Crippen MR) is 267 cm³/mol. The van der Waals surface area contributed by atoms with Gasteiger partial charge in [-0.2, -0.15) is 5.26 Å². The summed E-state index contributed by atoms with van der Waals surface area (Å²) >= 11 is 0. The fraction of sp³-hybridized carbons (Fsp3) is 0.500. The van der Waals surface area contributed by atoms with Gasteiger partial charge in [-0.15, -0.1) is 0 Å². The molecule has 3 saturated carbocycles. The Balaban J connectivity index is 1.37. The van der Waals surface area contributed by atoms with Crippen molar-refractivity contribution in [2.75, 3.05) is 20.8 Å². The Kier molecular flexibility index (Phi) is 14.4. The molecule has 1 spiro atoms. The van der Waals surface area contributed by atoms with Crippen molar-refractivity contribution in [1.82, 2.24) is 4.90 Å². The quantitative estimate of drug-likeness (QED) is 0.0573. The lowest BCUT2D eigenvalue weighted by Gasteiger charge is -2.66. The first-order valence-corrected chi connectivity index (χ1v) is 24.7. The highest BCUT2D eigenvalue weighted by Crippen LogP contribution is 2.70. The molecule has 6 unspecified atom stereocenters. The van der Waals surface area contributed by atoms with Gasteiger partial charge in [-0.1, -0.05) is 43.2 Å². The molecule has 0 amide bonds. The summed E-state index contributed by atoms with van der Waals surface area (Å²) in [4.78, 5) is 44.6. The molecule has 17 heteroatoms. The molecule has 1 saturated heterocycles. The monoisotopic (exact) mass is 1010 g/mol. The number of esters is 2. The second kappa shape index (κ2) is 19.9. The zero-order valence-electron chi connectivity index (χ0n) is 43.0. The number of nitrogens with two attached hydrogens (primary N) is 1. The summed E-state index contributed by atoms with van der Waals surface area (Å²) in [7, 11) is 2.93. The lowest BCUT2D eigenvalue weighted by atomic mass is 9.43. The molecule has 17 nitrogen and oxygen atoms in total. The van der Waals surface area contributed by atoms with Gasteiger partial charge in [0.05, 0.1) is 47.7 Å². The van der Waals surface area contributed by atoms with Crippen LogP contribution in [0.4, 0.5) is 0 Å². The van der Waals surface area contributed by atoms with Crippen LogP contribution in [-0.2, 0) is 25.5 Å². The van der Waals surface area contributed by atoms with E-state index in [4.69, 9.17) is 34.2 Å². The van der Waals surface area contributed by atoms with E-state index in [1.807, 2.05) is 66.7 Å². The van der Waals surface area contributed by atoms with E-state index < -0.39 is 89.6 Å². The zero-order valence-corrected chi connectivity index (χ0v) is 43.0. The summed E-state index contributed by atoms with van der Waals surface area (Å²) in [6.45, 7) is 14.8. The zero-order chi connectivity index (χ0) is 53.2. The van der Waals surface area contributed by atoms with Crippen LogP contribution in [0.25, 0.3) is 11.8 Å². The summed E-state index contributed by atoms with van der Waals surface area (Å²) in [5.74, 6) is -3.94. The Labute approximate surface area is 425 Å². The first-order valence-electron chi connectivity index (χ1n) is 24.7. The minimum Gasteiger partial charge on any atom is -0.482 e. The van der Waals surface area contributed by atoms with Crippen LogP contribution < -0.4 is 24.7 Å². The smallest absolute Gasteiger partial charge is 0.343 e. The van der Waals surface area contributed by atoms with Crippen LogP contribution in [0.2, 0.25) is 0 Å². The molecular formula is C56H67N3O14. The lowest BCUT2D eigenvalue weighted by Crippen LogP contribution is -2.78. The maximum absolute atomic E-state index is 15.3. The van der Waals surface area contributed by atoms with Crippen LogP contribution >= 0.6 is 0 Å². The normalized spacial score (nSPS) is 30.9. The molecule has 2 bridgehead atoms. The number of nitriles is 1. The molecule has 7 N–H and O–H groups in total. The van der Waals surface area contributed by atoms with Gasteiger partial charge in [-0.3, -0.25) is 4.79 Å². The van der Waals surface area contributed by atoms with Crippen LogP contribution in [-0.4, -0.2) is 116 Å². The first-order chi connectivity index (χ1) is 34.5. The molecule has 390 valence electrons. The summed E-state index contributed by atoms with van der Waals surface area (Å²) in [5, 5.41) is 65.4. The average Bonchev–Trinajstić information content (AvgIpc) is 3.35. The Hall–Kier alpha value is -6.26. The van der Waals surface area contributed by atoms with Gasteiger partial charge in [0.2, 0.25) is 6.29 Å². The number of benzene rings is 2. The molecule has 7 aliphatic rings. The molecule has 4 fully saturated rings. The van der Waals surface area contributed by atoms with Crippen molar-refractivity contribution in [2.24, 2.45) is 29.4 Å². The number of rotatable bonds is 14. The van der Waals surface area contributed by atoms with Gasteiger partial charge >= 0.3 is 11.9 Å². The third kappa shape index (κ3) is 8.75. The summed E-state index contributed by atoms with van der Waals surface area (Å²) in [6, 6.07) is 8.01. The number of hydrogen-bond acceptors (Lipinski definition) is 17. The summed E-state index contributed by atoms with van der Waals surface area (Å²) in [5.41, 5.74) is 6.44. The van der Waals surface area contributed by atoms with Crippen molar-refractivity contribution in [3.8, 4) is 29.1 Å². The molecular weight excluding hydrogens is 939 g/mol. The van der Waals surface area contributed by atoms with Crippen molar-refractivity contribution >= 4 is 29.5 Å². The Morgan fingerprint density at radius 1 is 1.00 bits per heavy atom. The highest BCUT2D eigenvalue weighted by molar-refractivity contribution is 6.02. The van der Waals surface area contributed by atoms with Crippen molar-refractivity contribution in [3.05, 3.63) is 105 Å². The fourth-order valence-electron chi connectivity index (χ4n) is 11.5. The van der Waals surface area contributed by atoms with Crippen LogP contribution in [0.1, 0.15) is 108 Å². The molecule has 0 radical (unpaired) electrons. The van der Waals surface area contributed by atoms with Crippen LogP contribution in [0, 0.1) is 35.0 Å². The van der Waals surface area contributed by atoms with Crippen molar-refractivity contribution in [2.45, 2.75) is 135 Å². The Bertz CT molecular complexity index is 2830. The van der Waals surface area contributed by atoms with Gasteiger partial charge in [0.1, 0.15) is 53.1 Å². The molecule has 11 atom stereocenters. The number of hydrogen-bond donors (Lipinski definition) is 6. The molecule has 4 heterocycles. The number of ketones is 1. The van der Waals surface area contributed by atoms with Gasteiger partial charge < -0.3 is 64.6 Å². The van der Waals surface area contributed by atoms with Gasteiger partial charge in [0, 0.05) is 47.9 Å². The highest BCUT2D eigenvalue weighted by Gasteiger charge is 2.77. The SMILES string of the molecule is COC(=O)/C(C)=C\CC1(O)C(=O)C2CC(C(C)C)C13Oc1c(CC=C(C)C)c4c(c(OC(=O)c5ccc(O[C@@H]6O[C@H](CO)[C@@H](O)[C@H](O)[C@H]6O)cc5)c1C1=C3C2C(C#N)=C(N)N1C)C=CC(C)(CCC=C(C)C)O4. The van der Waals surface area contributed by atoms with Crippen molar-refractivity contribution in [3.63, 3.8) is 0 Å². The standard InChI is InChI=1S/C56H67N3O14/c1-27(2)12-11-21-54(8)22-20-34-46(72-54)33(18-13-28(3)4)48-40(47(34)71-52(66)31-14-16-32(17-15-31)69-53-45(63)44(62)43(61)38(26-60)70-53)42-41-39(36(25-57)50(58)59(42)9)35-24-37(29(5)6)56(41,73-48)55(67,49(35)64)23-19-30(7)51(65)68-10/h12-17,19-20,22,29,35,37-39,43-45,53,60-63,67H,11,18,21,23-24,26,58H2,1-10H3/b30-19-/t35?,37?,38-,39?,43-,44+,45-,53-,54?,55?,56?/m1/s1. The number of aliphatic hydroxyl groups excluding tert-OH is 4. The fourth-order valence-corrected chi connectivity index (χ4v) is 11.5. The number of carbonyl (C=O) groups excluding carboxylic acids is 3. The predicted octanol–water partition coefficient (Wildman–Crippen LogP) is 5.72. The number of methoxy groups -OCH3 is 1. The molecule has 73 heavy (non-hydrogen) atoms. The number of nitrogens with zero attached hydrogens (tertiary/aromatic N) is 2. The lowest BCUT2D eigenvalue weighted by molar-refractivity contribution is -0.277. The second-order valence-corrected chi connectivity index (χ2v) is 21.1. The molecule has 2 aromatic rings. The summed E-state index contributed by atoms with van der Waals surface area (Å²) in [6.07, 6.45) is 3.20. The van der Waals surface area contributed by atoms with Gasteiger partial charge in [0.15, 0.2) is 22.7 Å². The third-order valence-corrected chi connectivity index (χ3v) is 15.4. The maximum Gasteiger partial charge on any atom is 0.343 e. The van der Waals surface area contributed by atoms with Crippen molar-refractivity contribution in [1.29, 1.82) is 5.26 Å². The first kappa shape index (κ1) is 53.0. The number of ether oxygens (including phenoxy) is 6. The van der Waals surface area contributed by atoms with Crippen LogP contribution in [0.15, 0.2) is 82.3 Å². The topological polar surface area (TPSA) is 261 Å². The van der Waals surface area contributed by atoms with Gasteiger partial charge in [-0.05, 0) is 110 Å². The second-order valence-electron chi connectivity index (χ2n) is 21.1. The van der Waals surface area contributed by atoms with Crippen molar-refractivity contribution < 1.29 is 68.3 Å². The van der Waals surface area contributed by atoms with Crippen LogP contribution in [0.5, 0.6) is 23.0 Å². The van der Waals surface area contributed by atoms with Gasteiger partial charge in [-0.25, -0.2) is 9.59 Å². The molecule has 2 aromatic carbocycles. The number of Topliss-reactive ketones (excluding diaryl/α,β-unsaturated/α-hetero) is 1. The average molecular weight is 1010 g/mol. The minimum atomic E-state index is -2.32.